The van der Waals surface area contributed by atoms with Crippen LogP contribution in [0, 0.1) is 0 Å². The molecule has 3 aliphatic rings. The predicted molar refractivity (Wildman–Crippen MR) is 67.2 cm³/mol. The summed E-state index contributed by atoms with van der Waals surface area (Å²) in [6, 6.07) is 0. The van der Waals surface area contributed by atoms with Gasteiger partial charge in [0.15, 0.2) is 0 Å². The molecule has 0 aromatic rings. The van der Waals surface area contributed by atoms with Gasteiger partial charge in [-0.05, 0) is 31.2 Å². The van der Waals surface area contributed by atoms with Crippen molar-refractivity contribution < 1.29 is 4.74 Å². The molecule has 2 saturated heterocycles. The monoisotopic (exact) mass is 238 g/mol. The molecule has 0 bridgehead atoms. The number of nitrogens with zero attached hydrogens (tertiary/aromatic N) is 1. The molecule has 0 aromatic heterocycles. The van der Waals surface area contributed by atoms with Crippen LogP contribution < -0.4 is 5.32 Å². The average molecular weight is 238 g/mol. The van der Waals surface area contributed by atoms with Gasteiger partial charge in [0.05, 0.1) is 12.8 Å². The minimum atomic E-state index is 0.157. The highest BCUT2D eigenvalue weighted by molar-refractivity contribution is 8.00. The lowest BCUT2D eigenvalue weighted by Crippen LogP contribution is -2.50. The molecule has 0 amide bonds. The molecule has 3 nitrogen and oxygen atoms in total. The fourth-order valence-electron chi connectivity index (χ4n) is 2.59. The fraction of sp³-hybridized carbons (Fsp3) is 0.667. The van der Waals surface area contributed by atoms with Crippen LogP contribution in [0.4, 0.5) is 0 Å². The molecule has 0 radical (unpaired) electrons. The van der Waals surface area contributed by atoms with E-state index in [1.807, 2.05) is 24.0 Å². The van der Waals surface area contributed by atoms with Crippen molar-refractivity contribution in [3.05, 3.63) is 24.4 Å². The van der Waals surface area contributed by atoms with Crippen LogP contribution in [0.25, 0.3) is 0 Å². The summed E-state index contributed by atoms with van der Waals surface area (Å²) in [5.41, 5.74) is 0. The summed E-state index contributed by atoms with van der Waals surface area (Å²) in [6.45, 7) is 3.20. The molecular formula is C12H18N2OS. The van der Waals surface area contributed by atoms with Crippen LogP contribution in [-0.2, 0) is 4.74 Å². The third-order valence-corrected chi connectivity index (χ3v) is 4.96. The number of hydrogen-bond acceptors (Lipinski definition) is 4. The number of nitrogens with one attached hydrogen (secondary N) is 1. The second kappa shape index (κ2) is 4.43. The quantitative estimate of drug-likeness (QED) is 0.749. The smallest absolute Gasteiger partial charge is 0.116 e. The van der Waals surface area contributed by atoms with Gasteiger partial charge in [-0.3, -0.25) is 4.90 Å². The molecule has 88 valence electrons. The van der Waals surface area contributed by atoms with Crippen molar-refractivity contribution in [3.8, 4) is 0 Å². The molecule has 1 spiro atoms. The number of dihydropyridines is 1. The van der Waals surface area contributed by atoms with Gasteiger partial charge in [-0.2, -0.15) is 0 Å². The van der Waals surface area contributed by atoms with E-state index in [4.69, 9.17) is 4.74 Å². The number of rotatable bonds is 1. The largest absolute Gasteiger partial charge is 0.372 e. The number of allylic oxidation sites excluding steroid dienone is 2. The Balaban J connectivity index is 1.57. The topological polar surface area (TPSA) is 24.5 Å². The molecule has 0 aliphatic carbocycles. The number of hydrogen-bond donors (Lipinski definition) is 1. The van der Waals surface area contributed by atoms with Gasteiger partial charge >= 0.3 is 0 Å². The number of thioether (sulfide) groups is 1. The zero-order valence-corrected chi connectivity index (χ0v) is 10.2. The first-order chi connectivity index (χ1) is 7.88. The van der Waals surface area contributed by atoms with Crippen molar-refractivity contribution in [2.45, 2.75) is 23.9 Å². The van der Waals surface area contributed by atoms with Crippen molar-refractivity contribution in [3.63, 3.8) is 0 Å². The Morgan fingerprint density at radius 1 is 1.31 bits per heavy atom. The van der Waals surface area contributed by atoms with Crippen LogP contribution >= 0.6 is 11.8 Å². The molecule has 1 N–H and O–H groups in total. The highest BCUT2D eigenvalue weighted by Gasteiger charge is 2.40. The van der Waals surface area contributed by atoms with Gasteiger partial charge in [-0.25, -0.2) is 0 Å². The van der Waals surface area contributed by atoms with Crippen LogP contribution in [0.5, 0.6) is 0 Å². The summed E-state index contributed by atoms with van der Waals surface area (Å²) in [5.74, 6) is 1.17. The second-order valence-corrected chi connectivity index (χ2v) is 5.94. The lowest BCUT2D eigenvalue weighted by Gasteiger charge is -2.41. The van der Waals surface area contributed by atoms with E-state index in [0.29, 0.717) is 6.17 Å². The Morgan fingerprint density at radius 2 is 2.19 bits per heavy atom. The van der Waals surface area contributed by atoms with Gasteiger partial charge in [0.1, 0.15) is 4.93 Å². The summed E-state index contributed by atoms with van der Waals surface area (Å²) in [7, 11) is 0. The molecule has 16 heavy (non-hydrogen) atoms. The molecule has 4 heteroatoms. The van der Waals surface area contributed by atoms with E-state index < -0.39 is 0 Å². The molecule has 0 saturated carbocycles. The minimum Gasteiger partial charge on any atom is -0.372 e. The zero-order valence-electron chi connectivity index (χ0n) is 9.39. The molecule has 1 atom stereocenters. The normalized spacial score (nSPS) is 33.1. The molecular weight excluding hydrogens is 220 g/mol. The Kier molecular flexibility index (Phi) is 2.96. The summed E-state index contributed by atoms with van der Waals surface area (Å²) in [6.07, 6.45) is 11.1. The Hall–Kier alpha value is -0.450. The molecule has 3 rings (SSSR count). The van der Waals surface area contributed by atoms with Crippen molar-refractivity contribution in [1.29, 1.82) is 0 Å². The number of likely N-dealkylation sites (tertiary alicyclic amines) is 1. The van der Waals surface area contributed by atoms with E-state index in [0.717, 1.165) is 32.5 Å². The van der Waals surface area contributed by atoms with Crippen LogP contribution in [0.2, 0.25) is 0 Å². The first kappa shape index (κ1) is 10.7. The van der Waals surface area contributed by atoms with Crippen LogP contribution in [0.3, 0.4) is 0 Å². The number of piperidine rings is 1. The Labute approximate surface area is 101 Å². The third kappa shape index (κ3) is 2.01. The Morgan fingerprint density at radius 3 is 2.81 bits per heavy atom. The SMILES string of the molecule is C1=CNC(N2CCC3(CC2)OCCS3)C=C1. The lowest BCUT2D eigenvalue weighted by atomic mass is 10.1. The van der Waals surface area contributed by atoms with E-state index in [2.05, 4.69) is 22.4 Å². The van der Waals surface area contributed by atoms with E-state index >= 15 is 0 Å². The fourth-order valence-corrected chi connectivity index (χ4v) is 3.77. The van der Waals surface area contributed by atoms with E-state index in [1.54, 1.807) is 0 Å². The molecule has 3 heterocycles. The summed E-state index contributed by atoms with van der Waals surface area (Å²) in [5, 5.41) is 3.38. The number of ether oxygens (including phenoxy) is 1. The third-order valence-electron chi connectivity index (χ3n) is 3.53. The van der Waals surface area contributed by atoms with Crippen molar-refractivity contribution >= 4 is 11.8 Å². The average Bonchev–Trinajstić information content (AvgIpc) is 2.80. The molecule has 0 aromatic carbocycles. The van der Waals surface area contributed by atoms with Crippen molar-refractivity contribution in [1.82, 2.24) is 10.2 Å². The first-order valence-corrected chi connectivity index (χ1v) is 6.98. The van der Waals surface area contributed by atoms with Gasteiger partial charge in [-0.1, -0.05) is 6.08 Å². The van der Waals surface area contributed by atoms with Gasteiger partial charge in [0.25, 0.3) is 0 Å². The minimum absolute atomic E-state index is 0.157. The van der Waals surface area contributed by atoms with E-state index in [-0.39, 0.29) is 4.93 Å². The maximum Gasteiger partial charge on any atom is 0.116 e. The molecule has 3 aliphatic heterocycles. The van der Waals surface area contributed by atoms with Gasteiger partial charge in [0, 0.05) is 18.8 Å². The highest BCUT2D eigenvalue weighted by atomic mass is 32.2. The summed E-state index contributed by atoms with van der Waals surface area (Å²) >= 11 is 2.01. The molecule has 1 unspecified atom stereocenters. The van der Waals surface area contributed by atoms with Gasteiger partial charge < -0.3 is 10.1 Å². The molecule has 2 fully saturated rings. The lowest BCUT2D eigenvalue weighted by molar-refractivity contribution is -0.00569. The predicted octanol–water partition coefficient (Wildman–Crippen LogP) is 1.54. The summed E-state index contributed by atoms with van der Waals surface area (Å²) < 4.78 is 5.90. The van der Waals surface area contributed by atoms with Gasteiger partial charge in [-0.15, -0.1) is 11.8 Å². The van der Waals surface area contributed by atoms with Crippen LogP contribution in [0.15, 0.2) is 24.4 Å². The van der Waals surface area contributed by atoms with Gasteiger partial charge in [0.2, 0.25) is 0 Å². The second-order valence-electron chi connectivity index (χ2n) is 4.50. The standard InChI is InChI=1S/C12H18N2OS/c1-2-6-13-11(3-1)14-7-4-12(5-8-14)15-9-10-16-12/h1-3,6,11,13H,4-5,7-10H2. The Bertz CT molecular complexity index is 300. The highest BCUT2D eigenvalue weighted by Crippen LogP contribution is 2.41. The van der Waals surface area contributed by atoms with Crippen LogP contribution in [-0.4, -0.2) is 41.4 Å². The van der Waals surface area contributed by atoms with Crippen molar-refractivity contribution in [2.24, 2.45) is 0 Å². The maximum absolute atomic E-state index is 5.90. The summed E-state index contributed by atoms with van der Waals surface area (Å²) in [4.78, 5) is 2.65. The maximum atomic E-state index is 5.90. The van der Waals surface area contributed by atoms with E-state index in [1.165, 1.54) is 5.75 Å². The van der Waals surface area contributed by atoms with Crippen molar-refractivity contribution in [2.75, 3.05) is 25.4 Å². The van der Waals surface area contributed by atoms with E-state index in [9.17, 15) is 0 Å². The zero-order chi connectivity index (χ0) is 10.8. The van der Waals surface area contributed by atoms with Crippen LogP contribution in [0.1, 0.15) is 12.8 Å². The first-order valence-electron chi connectivity index (χ1n) is 5.99.